The second-order valence-corrected chi connectivity index (χ2v) is 12.4. The molecule has 0 aliphatic heterocycles. The smallest absolute Gasteiger partial charge is 0.304 e. The van der Waals surface area contributed by atoms with Gasteiger partial charge in [-0.25, -0.2) is 0 Å². The SMILES string of the molecule is C[C@]12CCC(=O)C=C1CC[C@@H]1[C@@H]2[C@@H](O)C[C@@]2(C)[C@H]1CC[C@]2(O)C(O)C(=O)C(CC(=O)O)c1ccccc1. The van der Waals surface area contributed by atoms with Crippen LogP contribution in [0.3, 0.4) is 0 Å². The third kappa shape index (κ3) is 3.93. The van der Waals surface area contributed by atoms with Crippen molar-refractivity contribution >= 4 is 17.5 Å². The average molecular weight is 511 g/mol. The van der Waals surface area contributed by atoms with E-state index in [2.05, 4.69) is 6.92 Å². The lowest BCUT2D eigenvalue weighted by Gasteiger charge is -2.61. The van der Waals surface area contributed by atoms with Crippen LogP contribution in [0.4, 0.5) is 0 Å². The highest BCUT2D eigenvalue weighted by Crippen LogP contribution is 2.68. The molecule has 0 bridgehead atoms. The first-order valence-corrected chi connectivity index (χ1v) is 13.6. The van der Waals surface area contributed by atoms with Crippen molar-refractivity contribution in [1.29, 1.82) is 0 Å². The molecule has 3 fully saturated rings. The second kappa shape index (κ2) is 9.14. The van der Waals surface area contributed by atoms with Gasteiger partial charge in [0.15, 0.2) is 11.6 Å². The highest BCUT2D eigenvalue weighted by molar-refractivity contribution is 5.93. The molecule has 0 amide bonds. The number of aliphatic carboxylic acids is 1. The number of carbonyl (C=O) groups is 3. The van der Waals surface area contributed by atoms with Gasteiger partial charge in [-0.3, -0.25) is 14.4 Å². The highest BCUT2D eigenvalue weighted by atomic mass is 16.4. The number of aliphatic hydroxyl groups excluding tert-OH is 2. The van der Waals surface area contributed by atoms with Crippen molar-refractivity contribution in [2.75, 3.05) is 0 Å². The number of carboxylic acid groups (broad SMARTS) is 1. The van der Waals surface area contributed by atoms with Crippen LogP contribution in [0, 0.1) is 28.6 Å². The molecule has 1 aromatic rings. The van der Waals surface area contributed by atoms with Crippen LogP contribution in [-0.2, 0) is 14.4 Å². The first-order chi connectivity index (χ1) is 17.4. The van der Waals surface area contributed by atoms with Gasteiger partial charge >= 0.3 is 5.97 Å². The van der Waals surface area contributed by atoms with E-state index >= 15 is 0 Å². The van der Waals surface area contributed by atoms with Gasteiger partial charge in [-0.15, -0.1) is 0 Å². The second-order valence-electron chi connectivity index (χ2n) is 12.4. The molecule has 37 heavy (non-hydrogen) atoms. The number of hydrogen-bond donors (Lipinski definition) is 4. The van der Waals surface area contributed by atoms with Gasteiger partial charge in [0.05, 0.1) is 18.4 Å². The Kier molecular flexibility index (Phi) is 6.49. The molecule has 0 aromatic heterocycles. The maximum absolute atomic E-state index is 13.6. The summed E-state index contributed by atoms with van der Waals surface area (Å²) in [7, 11) is 0. The standard InChI is InChI=1S/C30H38O7/c1-28-12-10-19(31)14-18(28)8-9-20-22-11-13-30(37,29(22,2)16-23(32)25(20)28)27(36)26(35)21(15-24(33)34)17-6-4-3-5-7-17/h3-7,14,20-23,25,27,32,36-37H,8-13,15-16H2,1-2H3,(H,33,34)/t20-,21?,22-,23-,25+,27?,28-,29-,30-/m0/s1. The Hall–Kier alpha value is -2.35. The van der Waals surface area contributed by atoms with Crippen molar-refractivity contribution in [3.05, 3.63) is 47.5 Å². The lowest BCUT2D eigenvalue weighted by Crippen LogP contribution is -2.64. The maximum Gasteiger partial charge on any atom is 0.304 e. The van der Waals surface area contributed by atoms with E-state index in [1.165, 1.54) is 0 Å². The van der Waals surface area contributed by atoms with Crippen LogP contribution in [0.25, 0.3) is 0 Å². The summed E-state index contributed by atoms with van der Waals surface area (Å²) in [4.78, 5) is 37.4. The number of carboxylic acids is 1. The minimum absolute atomic E-state index is 0.000924. The Morgan fingerprint density at radius 3 is 2.46 bits per heavy atom. The van der Waals surface area contributed by atoms with E-state index in [-0.39, 0.29) is 41.8 Å². The molecule has 5 rings (SSSR count). The van der Waals surface area contributed by atoms with Crippen LogP contribution < -0.4 is 0 Å². The van der Waals surface area contributed by atoms with Crippen LogP contribution in [0.15, 0.2) is 42.0 Å². The number of benzene rings is 1. The van der Waals surface area contributed by atoms with Gasteiger partial charge < -0.3 is 20.4 Å². The van der Waals surface area contributed by atoms with Crippen LogP contribution in [0.1, 0.15) is 76.7 Å². The Morgan fingerprint density at radius 1 is 1.08 bits per heavy atom. The molecule has 7 heteroatoms. The third-order valence-corrected chi connectivity index (χ3v) is 10.8. The topological polar surface area (TPSA) is 132 Å². The van der Waals surface area contributed by atoms with Crippen molar-refractivity contribution in [2.45, 2.75) is 88.9 Å². The van der Waals surface area contributed by atoms with E-state index in [4.69, 9.17) is 0 Å². The first-order valence-electron chi connectivity index (χ1n) is 13.6. The summed E-state index contributed by atoms with van der Waals surface area (Å²) in [6, 6.07) is 8.53. The van der Waals surface area contributed by atoms with Crippen LogP contribution in [-0.4, -0.2) is 55.8 Å². The van der Waals surface area contributed by atoms with E-state index in [1.54, 1.807) is 36.4 Å². The largest absolute Gasteiger partial charge is 0.481 e. The third-order valence-electron chi connectivity index (χ3n) is 10.8. The van der Waals surface area contributed by atoms with Crippen LogP contribution in [0.2, 0.25) is 0 Å². The van der Waals surface area contributed by atoms with Crippen LogP contribution in [0.5, 0.6) is 0 Å². The van der Waals surface area contributed by atoms with Gasteiger partial charge in [-0.1, -0.05) is 49.8 Å². The fraction of sp³-hybridized carbons (Fsp3) is 0.633. The zero-order valence-electron chi connectivity index (χ0n) is 21.6. The summed E-state index contributed by atoms with van der Waals surface area (Å²) in [5, 5.41) is 44.6. The number of allylic oxidation sites excluding steroid dienone is 1. The van der Waals surface area contributed by atoms with Crippen molar-refractivity contribution in [3.8, 4) is 0 Å². The molecule has 0 saturated heterocycles. The maximum atomic E-state index is 13.6. The molecule has 1 aromatic carbocycles. The number of aliphatic hydroxyl groups is 3. The summed E-state index contributed by atoms with van der Waals surface area (Å²) >= 11 is 0. The minimum atomic E-state index is -1.77. The molecule has 4 N–H and O–H groups in total. The van der Waals surface area contributed by atoms with Gasteiger partial charge in [0, 0.05) is 11.8 Å². The van der Waals surface area contributed by atoms with E-state index in [9.17, 15) is 34.8 Å². The van der Waals surface area contributed by atoms with Gasteiger partial charge in [0.2, 0.25) is 0 Å². The summed E-state index contributed by atoms with van der Waals surface area (Å²) < 4.78 is 0. The van der Waals surface area contributed by atoms with E-state index in [1.807, 2.05) is 6.92 Å². The Morgan fingerprint density at radius 2 is 1.78 bits per heavy atom. The Bertz CT molecular complexity index is 1130. The zero-order chi connectivity index (χ0) is 26.8. The van der Waals surface area contributed by atoms with Crippen LogP contribution >= 0.6 is 0 Å². The Labute approximate surface area is 217 Å². The van der Waals surface area contributed by atoms with Crippen molar-refractivity contribution in [2.24, 2.45) is 28.6 Å². The molecule has 0 heterocycles. The van der Waals surface area contributed by atoms with Gasteiger partial charge in [0.1, 0.15) is 11.7 Å². The molecule has 4 aliphatic carbocycles. The fourth-order valence-electron chi connectivity index (χ4n) is 8.84. The predicted octanol–water partition coefficient (Wildman–Crippen LogP) is 3.41. The molecule has 0 radical (unpaired) electrons. The highest BCUT2D eigenvalue weighted by Gasteiger charge is 2.69. The summed E-state index contributed by atoms with van der Waals surface area (Å²) in [5.41, 5.74) is -1.34. The molecule has 0 spiro atoms. The normalized spacial score (nSPS) is 40.6. The van der Waals surface area contributed by atoms with Gasteiger partial charge in [-0.05, 0) is 73.3 Å². The molecule has 3 saturated carbocycles. The van der Waals surface area contributed by atoms with E-state index < -0.39 is 47.3 Å². The lowest BCUT2D eigenvalue weighted by molar-refractivity contribution is -0.203. The quantitative estimate of drug-likeness (QED) is 0.461. The average Bonchev–Trinajstić information content (AvgIpc) is 3.13. The summed E-state index contributed by atoms with van der Waals surface area (Å²) in [5.74, 6) is -2.73. The lowest BCUT2D eigenvalue weighted by atomic mass is 9.45. The van der Waals surface area contributed by atoms with Gasteiger partial charge in [-0.2, -0.15) is 0 Å². The molecule has 2 unspecified atom stereocenters. The molecular formula is C30H38O7. The molecular weight excluding hydrogens is 472 g/mol. The number of Topliss-reactive ketones (excluding diaryl/α,β-unsaturated/α-hetero) is 1. The van der Waals surface area contributed by atoms with E-state index in [0.29, 0.717) is 24.8 Å². The van der Waals surface area contributed by atoms with Gasteiger partial charge in [0.25, 0.3) is 0 Å². The summed E-state index contributed by atoms with van der Waals surface area (Å²) in [6.07, 6.45) is 2.61. The number of rotatable bonds is 6. The zero-order valence-corrected chi connectivity index (χ0v) is 21.6. The molecule has 7 nitrogen and oxygen atoms in total. The number of fused-ring (bicyclic) bond motifs is 5. The Balaban J connectivity index is 1.46. The molecule has 200 valence electrons. The number of hydrogen-bond acceptors (Lipinski definition) is 6. The first kappa shape index (κ1) is 26.3. The number of carbonyl (C=O) groups excluding carboxylic acids is 2. The summed E-state index contributed by atoms with van der Waals surface area (Å²) in [6.45, 7) is 4.04. The van der Waals surface area contributed by atoms with Crippen molar-refractivity contribution in [3.63, 3.8) is 0 Å². The predicted molar refractivity (Wildman–Crippen MR) is 135 cm³/mol. The fourth-order valence-corrected chi connectivity index (χ4v) is 8.84. The van der Waals surface area contributed by atoms with Crippen molar-refractivity contribution in [1.82, 2.24) is 0 Å². The number of ketones is 2. The molecule has 9 atom stereocenters. The monoisotopic (exact) mass is 510 g/mol. The van der Waals surface area contributed by atoms with E-state index in [0.717, 1.165) is 18.4 Å². The minimum Gasteiger partial charge on any atom is -0.481 e. The molecule has 4 aliphatic rings. The van der Waals surface area contributed by atoms with Crippen molar-refractivity contribution < 1.29 is 34.8 Å².